The molecule has 2 aromatic carbocycles. The maximum atomic E-state index is 13.9. The van der Waals surface area contributed by atoms with Crippen LogP contribution in [0, 0.1) is 5.82 Å². The van der Waals surface area contributed by atoms with Gasteiger partial charge in [0.2, 0.25) is 5.89 Å². The topological polar surface area (TPSA) is 85.5 Å². The zero-order valence-electron chi connectivity index (χ0n) is 13.8. The number of methoxy groups -OCH3 is 1. The minimum atomic E-state index is -1.23. The van der Waals surface area contributed by atoms with Crippen LogP contribution in [0.4, 0.5) is 4.39 Å². The minimum absolute atomic E-state index is 0.0323. The highest BCUT2D eigenvalue weighted by atomic mass is 79.9. The number of carboxylic acid groups (broad SMARTS) is 1. The maximum Gasteiger partial charge on any atom is 0.342 e. The molecule has 0 aliphatic heterocycles. The van der Waals surface area contributed by atoms with Crippen molar-refractivity contribution in [3.8, 4) is 17.2 Å². The smallest absolute Gasteiger partial charge is 0.342 e. The van der Waals surface area contributed by atoms with E-state index >= 15 is 0 Å². The molecule has 0 fully saturated rings. The second kappa shape index (κ2) is 8.36. The maximum absolute atomic E-state index is 13.9. The zero-order valence-corrected chi connectivity index (χ0v) is 16.3. The highest BCUT2D eigenvalue weighted by Crippen LogP contribution is 2.31. The molecule has 0 unspecified atom stereocenters. The summed E-state index contributed by atoms with van der Waals surface area (Å²) in [5, 5.41) is 17.2. The van der Waals surface area contributed by atoms with Gasteiger partial charge in [-0.3, -0.25) is 0 Å². The summed E-state index contributed by atoms with van der Waals surface area (Å²) < 4.78 is 25.1. The van der Waals surface area contributed by atoms with Crippen LogP contribution in [0.15, 0.2) is 61.5 Å². The van der Waals surface area contributed by atoms with E-state index in [9.17, 15) is 14.3 Å². The predicted molar refractivity (Wildman–Crippen MR) is 102 cm³/mol. The Bertz CT molecular complexity index is 1000. The van der Waals surface area contributed by atoms with E-state index in [-0.39, 0.29) is 21.6 Å². The molecule has 1 aromatic heterocycles. The van der Waals surface area contributed by atoms with Crippen LogP contribution in [-0.2, 0) is 4.79 Å². The molecule has 6 nitrogen and oxygen atoms in total. The third kappa shape index (κ3) is 4.75. The van der Waals surface area contributed by atoms with Crippen LogP contribution in [0.25, 0.3) is 17.5 Å². The number of nitrogens with zero attached hydrogens (tertiary/aromatic N) is 2. The van der Waals surface area contributed by atoms with Crippen LogP contribution in [0.1, 0.15) is 5.56 Å². The van der Waals surface area contributed by atoms with E-state index < -0.39 is 11.8 Å². The van der Waals surface area contributed by atoms with Crippen LogP contribution in [0.3, 0.4) is 0 Å². The van der Waals surface area contributed by atoms with Gasteiger partial charge in [0.05, 0.1) is 7.11 Å². The lowest BCUT2D eigenvalue weighted by Crippen LogP contribution is -1.97. The minimum Gasteiger partial charge on any atom is -0.497 e. The fourth-order valence-corrected chi connectivity index (χ4v) is 3.14. The number of halogens is 2. The summed E-state index contributed by atoms with van der Waals surface area (Å²) in [4.78, 5) is 11.4. The Kier molecular flexibility index (Phi) is 5.92. The highest BCUT2D eigenvalue weighted by molar-refractivity contribution is 9.10. The number of ether oxygens (including phenoxy) is 1. The monoisotopic (exact) mass is 450 g/mol. The van der Waals surface area contributed by atoms with E-state index in [1.54, 1.807) is 31.4 Å². The first kappa shape index (κ1) is 19.1. The summed E-state index contributed by atoms with van der Waals surface area (Å²) in [6, 6.07) is 11.2. The molecule has 0 amide bonds. The van der Waals surface area contributed by atoms with E-state index in [2.05, 4.69) is 26.1 Å². The molecule has 0 bridgehead atoms. The standard InChI is InChI=1S/C18H12BrFN2O4S/c1-25-13-5-2-10(3-6-13)16-21-22-18(26-16)27-15(17(23)24)9-11-8-12(19)4-7-14(11)20/h2-9H,1H3,(H,23,24)/b15-9+. The van der Waals surface area contributed by atoms with Crippen LogP contribution < -0.4 is 4.74 Å². The largest absolute Gasteiger partial charge is 0.497 e. The molecule has 0 radical (unpaired) electrons. The van der Waals surface area contributed by atoms with Gasteiger partial charge in [-0.05, 0) is 60.3 Å². The summed E-state index contributed by atoms with van der Waals surface area (Å²) in [5.74, 6) is -0.857. The number of carboxylic acids is 1. The fourth-order valence-electron chi connectivity index (χ4n) is 2.10. The lowest BCUT2D eigenvalue weighted by molar-refractivity contribution is -0.131. The lowest BCUT2D eigenvalue weighted by atomic mass is 10.2. The third-order valence-electron chi connectivity index (χ3n) is 3.40. The zero-order chi connectivity index (χ0) is 19.4. The van der Waals surface area contributed by atoms with Crippen molar-refractivity contribution in [2.75, 3.05) is 7.11 Å². The number of thioether (sulfide) groups is 1. The van der Waals surface area contributed by atoms with Gasteiger partial charge in [0, 0.05) is 15.6 Å². The van der Waals surface area contributed by atoms with Crippen molar-refractivity contribution in [2.24, 2.45) is 0 Å². The van der Waals surface area contributed by atoms with Gasteiger partial charge in [-0.25, -0.2) is 9.18 Å². The van der Waals surface area contributed by atoms with E-state index in [4.69, 9.17) is 9.15 Å². The van der Waals surface area contributed by atoms with Gasteiger partial charge in [-0.15, -0.1) is 10.2 Å². The molecule has 0 aliphatic rings. The molecule has 3 aromatic rings. The first-order chi connectivity index (χ1) is 13.0. The molecule has 27 heavy (non-hydrogen) atoms. The Labute approximate surface area is 166 Å². The quantitative estimate of drug-likeness (QED) is 0.423. The van der Waals surface area contributed by atoms with Gasteiger partial charge in [0.25, 0.3) is 5.22 Å². The Morgan fingerprint density at radius 2 is 2.00 bits per heavy atom. The highest BCUT2D eigenvalue weighted by Gasteiger charge is 2.17. The molecule has 1 heterocycles. The first-order valence-corrected chi connectivity index (χ1v) is 9.13. The van der Waals surface area contributed by atoms with Crippen LogP contribution >= 0.6 is 27.7 Å². The van der Waals surface area contributed by atoms with E-state index in [1.807, 2.05) is 0 Å². The fraction of sp³-hybridized carbons (Fsp3) is 0.0556. The lowest BCUT2D eigenvalue weighted by Gasteiger charge is -2.01. The molecule has 9 heteroatoms. The van der Waals surface area contributed by atoms with Crippen molar-refractivity contribution in [1.82, 2.24) is 10.2 Å². The molecule has 0 atom stereocenters. The number of hydrogen-bond acceptors (Lipinski definition) is 6. The van der Waals surface area contributed by atoms with Gasteiger partial charge in [0.15, 0.2) is 0 Å². The Morgan fingerprint density at radius 1 is 1.26 bits per heavy atom. The van der Waals surface area contributed by atoms with Crippen LogP contribution in [0.2, 0.25) is 0 Å². The van der Waals surface area contributed by atoms with Crippen molar-refractivity contribution >= 4 is 39.7 Å². The number of rotatable bonds is 6. The van der Waals surface area contributed by atoms with Gasteiger partial charge in [-0.1, -0.05) is 15.9 Å². The number of hydrogen-bond donors (Lipinski definition) is 1. The van der Waals surface area contributed by atoms with Gasteiger partial charge < -0.3 is 14.3 Å². The van der Waals surface area contributed by atoms with Crippen LogP contribution in [-0.4, -0.2) is 28.4 Å². The predicted octanol–water partition coefficient (Wildman–Crippen LogP) is 4.86. The molecular formula is C18H12BrFN2O4S. The van der Waals surface area contributed by atoms with Crippen molar-refractivity contribution in [1.29, 1.82) is 0 Å². The summed E-state index contributed by atoms with van der Waals surface area (Å²) in [7, 11) is 1.56. The van der Waals surface area contributed by atoms with E-state index in [0.717, 1.165) is 11.8 Å². The Hall–Kier alpha value is -2.65. The average Bonchev–Trinajstić information content (AvgIpc) is 3.12. The molecule has 0 aliphatic carbocycles. The van der Waals surface area contributed by atoms with E-state index in [0.29, 0.717) is 15.8 Å². The molecule has 0 saturated heterocycles. The number of carbonyl (C=O) groups is 1. The molecule has 0 spiro atoms. The summed E-state index contributed by atoms with van der Waals surface area (Å²) >= 11 is 3.97. The number of aromatic nitrogens is 2. The number of benzene rings is 2. The van der Waals surface area contributed by atoms with Crippen molar-refractivity contribution in [2.45, 2.75) is 5.22 Å². The third-order valence-corrected chi connectivity index (χ3v) is 4.74. The van der Waals surface area contributed by atoms with Crippen LogP contribution in [0.5, 0.6) is 5.75 Å². The first-order valence-electron chi connectivity index (χ1n) is 7.52. The summed E-state index contributed by atoms with van der Waals surface area (Å²) in [5.41, 5.74) is 0.790. The van der Waals surface area contributed by atoms with Crippen molar-refractivity contribution < 1.29 is 23.4 Å². The van der Waals surface area contributed by atoms with Gasteiger partial charge in [-0.2, -0.15) is 0 Å². The average molecular weight is 451 g/mol. The molecule has 3 rings (SSSR count). The molecule has 1 N–H and O–H groups in total. The molecular weight excluding hydrogens is 439 g/mol. The normalized spacial score (nSPS) is 11.4. The molecule has 0 saturated carbocycles. The summed E-state index contributed by atoms with van der Waals surface area (Å²) in [6.07, 6.45) is 1.21. The van der Waals surface area contributed by atoms with E-state index in [1.165, 1.54) is 24.3 Å². The van der Waals surface area contributed by atoms with Gasteiger partial charge >= 0.3 is 5.97 Å². The SMILES string of the molecule is COc1ccc(-c2nnc(S/C(=C/c3cc(Br)ccc3F)C(=O)O)o2)cc1. The number of aliphatic carboxylic acids is 1. The van der Waals surface area contributed by atoms with Gasteiger partial charge in [0.1, 0.15) is 16.5 Å². The second-order valence-electron chi connectivity index (χ2n) is 5.18. The van der Waals surface area contributed by atoms with Crippen molar-refractivity contribution in [3.05, 3.63) is 63.2 Å². The summed E-state index contributed by atoms with van der Waals surface area (Å²) in [6.45, 7) is 0. The Balaban J connectivity index is 1.85. The second-order valence-corrected chi connectivity index (χ2v) is 7.09. The Morgan fingerprint density at radius 3 is 2.67 bits per heavy atom. The van der Waals surface area contributed by atoms with Crippen molar-refractivity contribution in [3.63, 3.8) is 0 Å². The molecule has 138 valence electrons.